The minimum absolute atomic E-state index is 0.0591. The van der Waals surface area contributed by atoms with Crippen molar-refractivity contribution in [1.29, 1.82) is 0 Å². The van der Waals surface area contributed by atoms with Gasteiger partial charge >= 0.3 is 5.97 Å². The molecule has 7 heteroatoms. The van der Waals surface area contributed by atoms with Gasteiger partial charge in [-0.05, 0) is 25.5 Å². The Hall–Kier alpha value is -1.89. The van der Waals surface area contributed by atoms with Crippen molar-refractivity contribution in [1.82, 2.24) is 20.0 Å². The summed E-state index contributed by atoms with van der Waals surface area (Å²) in [5, 5.41) is 15.7. The van der Waals surface area contributed by atoms with Gasteiger partial charge in [-0.15, -0.1) is 0 Å². The summed E-state index contributed by atoms with van der Waals surface area (Å²) in [7, 11) is 1.73. The number of amides is 1. The number of aromatic nitrogens is 2. The normalized spacial score (nSPS) is 21.6. The molecular weight excluding hydrogens is 260 g/mol. The molecule has 0 saturated heterocycles. The Morgan fingerprint density at radius 1 is 1.55 bits per heavy atom. The van der Waals surface area contributed by atoms with Crippen LogP contribution in [0.5, 0.6) is 0 Å². The molecule has 7 nitrogen and oxygen atoms in total. The highest BCUT2D eigenvalue weighted by molar-refractivity contribution is 5.92. The lowest BCUT2D eigenvalue weighted by molar-refractivity contribution is -0.139. The Morgan fingerprint density at radius 2 is 2.25 bits per heavy atom. The summed E-state index contributed by atoms with van der Waals surface area (Å²) in [6.45, 7) is 2.72. The first-order valence-corrected chi connectivity index (χ1v) is 6.76. The SMILES string of the molecule is CCN(CC(=O)O)C1CC(NC(=O)c2ccnn2C)C1. The molecule has 1 fully saturated rings. The van der Waals surface area contributed by atoms with E-state index in [1.807, 2.05) is 11.8 Å². The van der Waals surface area contributed by atoms with Crippen LogP contribution in [-0.4, -0.2) is 56.8 Å². The summed E-state index contributed by atoms with van der Waals surface area (Å²) in [6.07, 6.45) is 3.18. The second-order valence-electron chi connectivity index (χ2n) is 5.09. The highest BCUT2D eigenvalue weighted by atomic mass is 16.4. The quantitative estimate of drug-likeness (QED) is 0.771. The average molecular weight is 280 g/mol. The van der Waals surface area contributed by atoms with Gasteiger partial charge in [0.25, 0.3) is 5.91 Å². The maximum Gasteiger partial charge on any atom is 0.317 e. The smallest absolute Gasteiger partial charge is 0.317 e. The first kappa shape index (κ1) is 14.5. The van der Waals surface area contributed by atoms with Gasteiger partial charge in [0.2, 0.25) is 0 Å². The molecule has 0 atom stereocenters. The second kappa shape index (κ2) is 6.04. The van der Waals surface area contributed by atoms with E-state index in [4.69, 9.17) is 5.11 Å². The van der Waals surface area contributed by atoms with E-state index in [9.17, 15) is 9.59 Å². The largest absolute Gasteiger partial charge is 0.480 e. The Kier molecular flexibility index (Phi) is 4.39. The van der Waals surface area contributed by atoms with E-state index in [-0.39, 0.29) is 24.5 Å². The van der Waals surface area contributed by atoms with Crippen LogP contribution in [-0.2, 0) is 11.8 Å². The standard InChI is InChI=1S/C13H20N4O3/c1-3-17(8-12(18)19)10-6-9(7-10)15-13(20)11-4-5-14-16(11)2/h4-5,9-10H,3,6-8H2,1-2H3,(H,15,20)(H,18,19). The molecule has 1 aliphatic carbocycles. The number of aliphatic carboxylic acids is 1. The maximum absolute atomic E-state index is 12.0. The van der Waals surface area contributed by atoms with E-state index < -0.39 is 5.97 Å². The van der Waals surface area contributed by atoms with Crippen LogP contribution in [0.3, 0.4) is 0 Å². The number of aryl methyl sites for hydroxylation is 1. The Balaban J connectivity index is 1.80. The van der Waals surface area contributed by atoms with Crippen molar-refractivity contribution < 1.29 is 14.7 Å². The van der Waals surface area contributed by atoms with Crippen molar-refractivity contribution >= 4 is 11.9 Å². The maximum atomic E-state index is 12.0. The molecule has 0 unspecified atom stereocenters. The number of nitrogens with one attached hydrogen (secondary N) is 1. The molecule has 0 radical (unpaired) electrons. The zero-order valence-corrected chi connectivity index (χ0v) is 11.7. The van der Waals surface area contributed by atoms with Crippen LogP contribution < -0.4 is 5.32 Å². The molecule has 1 saturated carbocycles. The molecule has 0 aliphatic heterocycles. The topological polar surface area (TPSA) is 87.5 Å². The molecule has 1 aliphatic rings. The fourth-order valence-corrected chi connectivity index (χ4v) is 2.53. The molecule has 20 heavy (non-hydrogen) atoms. The van der Waals surface area contributed by atoms with E-state index >= 15 is 0 Å². The number of hydrogen-bond donors (Lipinski definition) is 2. The van der Waals surface area contributed by atoms with Crippen LogP contribution in [0.15, 0.2) is 12.3 Å². The van der Waals surface area contributed by atoms with E-state index in [2.05, 4.69) is 10.4 Å². The van der Waals surface area contributed by atoms with Gasteiger partial charge in [-0.3, -0.25) is 19.2 Å². The van der Waals surface area contributed by atoms with Crippen LogP contribution in [0.2, 0.25) is 0 Å². The van der Waals surface area contributed by atoms with Crippen molar-refractivity contribution in [3.05, 3.63) is 18.0 Å². The van der Waals surface area contributed by atoms with Gasteiger partial charge in [-0.2, -0.15) is 5.10 Å². The lowest BCUT2D eigenvalue weighted by Gasteiger charge is -2.42. The molecule has 1 aromatic rings. The summed E-state index contributed by atoms with van der Waals surface area (Å²) in [5.41, 5.74) is 0.534. The molecule has 0 bridgehead atoms. The van der Waals surface area contributed by atoms with Gasteiger partial charge in [0.15, 0.2) is 0 Å². The Bertz CT molecular complexity index is 494. The Morgan fingerprint density at radius 3 is 2.75 bits per heavy atom. The minimum atomic E-state index is -0.811. The highest BCUT2D eigenvalue weighted by Crippen LogP contribution is 2.25. The molecule has 0 aromatic carbocycles. The second-order valence-corrected chi connectivity index (χ2v) is 5.09. The summed E-state index contributed by atoms with van der Waals surface area (Å²) < 4.78 is 1.54. The van der Waals surface area contributed by atoms with Crippen molar-refractivity contribution in [2.45, 2.75) is 31.8 Å². The number of carbonyl (C=O) groups is 2. The summed E-state index contributed by atoms with van der Waals surface area (Å²) in [5.74, 6) is -0.941. The Labute approximate surface area is 117 Å². The van der Waals surface area contributed by atoms with Crippen LogP contribution in [0.25, 0.3) is 0 Å². The molecule has 1 heterocycles. The number of rotatable bonds is 6. The number of carboxylic acid groups (broad SMARTS) is 1. The monoisotopic (exact) mass is 280 g/mol. The fourth-order valence-electron chi connectivity index (χ4n) is 2.53. The third-order valence-corrected chi connectivity index (χ3v) is 3.76. The van der Waals surface area contributed by atoms with Crippen LogP contribution >= 0.6 is 0 Å². The van der Waals surface area contributed by atoms with Gasteiger partial charge in [-0.25, -0.2) is 0 Å². The van der Waals surface area contributed by atoms with Crippen molar-refractivity contribution in [3.63, 3.8) is 0 Å². The van der Waals surface area contributed by atoms with Crippen LogP contribution in [0.4, 0.5) is 0 Å². The van der Waals surface area contributed by atoms with Gasteiger partial charge in [0, 0.05) is 25.3 Å². The molecule has 0 spiro atoms. The molecule has 110 valence electrons. The molecule has 1 amide bonds. The number of carbonyl (C=O) groups excluding carboxylic acids is 1. The lowest BCUT2D eigenvalue weighted by Crippen LogP contribution is -2.54. The number of likely N-dealkylation sites (N-methyl/N-ethyl adjacent to an activating group) is 1. The minimum Gasteiger partial charge on any atom is -0.480 e. The molecular formula is C13H20N4O3. The number of nitrogens with zero attached hydrogens (tertiary/aromatic N) is 3. The fraction of sp³-hybridized carbons (Fsp3) is 0.615. The molecule has 1 aromatic heterocycles. The lowest BCUT2D eigenvalue weighted by atomic mass is 9.85. The first-order valence-electron chi connectivity index (χ1n) is 6.76. The van der Waals surface area contributed by atoms with Crippen molar-refractivity contribution in [2.24, 2.45) is 7.05 Å². The first-order chi connectivity index (χ1) is 9.51. The van der Waals surface area contributed by atoms with Crippen LogP contribution in [0.1, 0.15) is 30.3 Å². The van der Waals surface area contributed by atoms with Gasteiger partial charge in [0.1, 0.15) is 5.69 Å². The van der Waals surface area contributed by atoms with E-state index in [0.29, 0.717) is 12.2 Å². The third kappa shape index (κ3) is 3.16. The number of hydrogen-bond acceptors (Lipinski definition) is 4. The van der Waals surface area contributed by atoms with E-state index in [0.717, 1.165) is 12.8 Å². The van der Waals surface area contributed by atoms with E-state index in [1.54, 1.807) is 19.3 Å². The molecule has 2 N–H and O–H groups in total. The zero-order valence-electron chi connectivity index (χ0n) is 11.7. The van der Waals surface area contributed by atoms with Gasteiger partial charge < -0.3 is 10.4 Å². The predicted molar refractivity (Wildman–Crippen MR) is 72.4 cm³/mol. The highest BCUT2D eigenvalue weighted by Gasteiger charge is 2.34. The van der Waals surface area contributed by atoms with Crippen molar-refractivity contribution in [3.8, 4) is 0 Å². The summed E-state index contributed by atoms with van der Waals surface area (Å²) in [4.78, 5) is 24.6. The van der Waals surface area contributed by atoms with Gasteiger partial charge in [-0.1, -0.05) is 6.92 Å². The van der Waals surface area contributed by atoms with Crippen LogP contribution in [0, 0.1) is 0 Å². The number of carboxylic acids is 1. The average Bonchev–Trinajstić information content (AvgIpc) is 2.76. The van der Waals surface area contributed by atoms with Gasteiger partial charge in [0.05, 0.1) is 6.54 Å². The summed E-state index contributed by atoms with van der Waals surface area (Å²) >= 11 is 0. The van der Waals surface area contributed by atoms with Crippen molar-refractivity contribution in [2.75, 3.05) is 13.1 Å². The molecule has 2 rings (SSSR count). The predicted octanol–water partition coefficient (Wildman–Crippen LogP) is 0.0874. The summed E-state index contributed by atoms with van der Waals surface area (Å²) in [6, 6.07) is 2.03. The van der Waals surface area contributed by atoms with E-state index in [1.165, 1.54) is 4.68 Å². The third-order valence-electron chi connectivity index (χ3n) is 3.76. The zero-order chi connectivity index (χ0) is 14.7.